The van der Waals surface area contributed by atoms with Gasteiger partial charge in [-0.3, -0.25) is 5.41 Å². The van der Waals surface area contributed by atoms with Crippen LogP contribution in [0.5, 0.6) is 0 Å². The Bertz CT molecular complexity index is 1570. The van der Waals surface area contributed by atoms with Gasteiger partial charge in [0.05, 0.1) is 11.1 Å². The van der Waals surface area contributed by atoms with Crippen LogP contribution in [0.15, 0.2) is 48.5 Å². The van der Waals surface area contributed by atoms with Crippen molar-refractivity contribution in [3.8, 4) is 0 Å². The summed E-state index contributed by atoms with van der Waals surface area (Å²) in [7, 11) is 0. The van der Waals surface area contributed by atoms with Gasteiger partial charge in [0, 0.05) is 49.9 Å². The minimum Gasteiger partial charge on any atom is -0.478 e. The molecule has 0 bridgehead atoms. The Morgan fingerprint density at radius 2 is 1.84 bits per heavy atom. The lowest BCUT2D eigenvalue weighted by atomic mass is 10.0. The lowest BCUT2D eigenvalue weighted by molar-refractivity contribution is 0.0698. The molecule has 1 saturated heterocycles. The number of nitrogens with zero attached hydrogens (tertiary/aromatic N) is 3. The van der Waals surface area contributed by atoms with Crippen molar-refractivity contribution in [3.05, 3.63) is 71.0 Å². The number of nitrogen functional groups attached to an aromatic ring is 1. The smallest absolute Gasteiger partial charge is 0.338 e. The number of hydrogen-bond acceptors (Lipinski definition) is 5. The first kappa shape index (κ1) is 25.2. The summed E-state index contributed by atoms with van der Waals surface area (Å²) in [4.78, 5) is 31.6. The molecule has 6 N–H and O–H groups in total. The van der Waals surface area contributed by atoms with Crippen molar-refractivity contribution in [3.63, 3.8) is 0 Å². The molecule has 38 heavy (non-hydrogen) atoms. The topological polar surface area (TPSA) is 149 Å². The molecule has 3 aromatic carbocycles. The Labute approximate surface area is 220 Å². The quantitative estimate of drug-likeness (QED) is 0.196. The summed E-state index contributed by atoms with van der Waals surface area (Å²) in [6, 6.07) is 14.8. The van der Waals surface area contributed by atoms with Gasteiger partial charge in [0.2, 0.25) is 0 Å². The first-order chi connectivity index (χ1) is 18.2. The van der Waals surface area contributed by atoms with Crippen molar-refractivity contribution >= 4 is 45.3 Å². The highest BCUT2D eigenvalue weighted by atomic mass is 16.4. The summed E-state index contributed by atoms with van der Waals surface area (Å²) in [5.74, 6) is -0.300. The van der Waals surface area contributed by atoms with E-state index in [0.29, 0.717) is 41.9 Å². The zero-order valence-electron chi connectivity index (χ0n) is 21.4. The molecule has 0 atom stereocenters. The third-order valence-electron chi connectivity index (χ3n) is 6.84. The van der Waals surface area contributed by atoms with Gasteiger partial charge in [-0.15, -0.1) is 0 Å². The number of benzene rings is 3. The number of amidine groups is 1. The molecule has 5 rings (SSSR count). The molecular formula is C28H31N7O3. The van der Waals surface area contributed by atoms with Crippen molar-refractivity contribution in [2.75, 3.05) is 31.5 Å². The summed E-state index contributed by atoms with van der Waals surface area (Å²) in [6.07, 6.45) is 0. The highest BCUT2D eigenvalue weighted by molar-refractivity contribution is 6.04. The van der Waals surface area contributed by atoms with Gasteiger partial charge in [-0.05, 0) is 40.6 Å². The Morgan fingerprint density at radius 1 is 1.11 bits per heavy atom. The summed E-state index contributed by atoms with van der Waals surface area (Å²) in [5, 5.41) is 25.9. The molecule has 0 saturated carbocycles. The van der Waals surface area contributed by atoms with Crippen LogP contribution in [-0.2, 0) is 6.54 Å². The van der Waals surface area contributed by atoms with Crippen LogP contribution in [0.1, 0.15) is 47.1 Å². The number of hydrogen-bond donors (Lipinski definition) is 5. The number of urea groups is 1. The first-order valence-corrected chi connectivity index (χ1v) is 12.6. The number of carbonyl (C=O) groups excluding carboxylic acids is 1. The van der Waals surface area contributed by atoms with Crippen molar-refractivity contribution < 1.29 is 14.7 Å². The maximum Gasteiger partial charge on any atom is 0.338 e. The van der Waals surface area contributed by atoms with Gasteiger partial charge in [-0.25, -0.2) is 14.6 Å². The van der Waals surface area contributed by atoms with E-state index in [1.165, 1.54) is 6.07 Å². The molecule has 1 fully saturated rings. The van der Waals surface area contributed by atoms with E-state index in [0.717, 1.165) is 35.2 Å². The van der Waals surface area contributed by atoms with Gasteiger partial charge >= 0.3 is 12.0 Å². The van der Waals surface area contributed by atoms with E-state index in [2.05, 4.69) is 10.6 Å². The summed E-state index contributed by atoms with van der Waals surface area (Å²) >= 11 is 0. The lowest BCUT2D eigenvalue weighted by Crippen LogP contribution is -2.48. The SMILES string of the molecule is CC(C)c1nc2c(C(=O)O)cc(NC(=O)N3CCNCC3)cc2n1Cc1ccc2ccc(C(=N)N)cc2c1. The van der Waals surface area contributed by atoms with E-state index in [1.54, 1.807) is 11.0 Å². The Balaban J connectivity index is 1.58. The Morgan fingerprint density at radius 3 is 2.53 bits per heavy atom. The molecule has 1 aliphatic rings. The molecule has 2 amide bonds. The van der Waals surface area contributed by atoms with Gasteiger partial charge in [0.15, 0.2) is 0 Å². The van der Waals surface area contributed by atoms with E-state index in [4.69, 9.17) is 16.1 Å². The standard InChI is InChI=1S/C28H31N7O3/c1-16(2)26-33-24-22(27(36)37)13-21(32-28(38)34-9-7-31-8-10-34)14-23(24)35(26)15-17-3-4-18-5-6-19(25(29)30)12-20(18)11-17/h3-6,11-14,16,31H,7-10,15H2,1-2H3,(H3,29,30)(H,32,38)(H,36,37). The number of amides is 2. The van der Waals surface area contributed by atoms with Crippen molar-refractivity contribution in [1.82, 2.24) is 19.8 Å². The highest BCUT2D eigenvalue weighted by Gasteiger charge is 2.22. The number of fused-ring (bicyclic) bond motifs is 2. The van der Waals surface area contributed by atoms with E-state index in [9.17, 15) is 14.7 Å². The van der Waals surface area contributed by atoms with Crippen LogP contribution in [0.4, 0.5) is 10.5 Å². The zero-order chi connectivity index (χ0) is 27.0. The fourth-order valence-electron chi connectivity index (χ4n) is 4.90. The molecule has 10 heteroatoms. The summed E-state index contributed by atoms with van der Waals surface area (Å²) < 4.78 is 2.02. The van der Waals surface area contributed by atoms with Gasteiger partial charge < -0.3 is 30.9 Å². The van der Waals surface area contributed by atoms with Gasteiger partial charge in [-0.1, -0.05) is 38.1 Å². The average Bonchev–Trinajstić information content (AvgIpc) is 3.26. The molecule has 4 aromatic rings. The monoisotopic (exact) mass is 513 g/mol. The zero-order valence-corrected chi connectivity index (χ0v) is 21.4. The molecule has 10 nitrogen and oxygen atoms in total. The molecule has 0 aliphatic carbocycles. The summed E-state index contributed by atoms with van der Waals surface area (Å²) in [6.45, 7) is 7.10. The van der Waals surface area contributed by atoms with Crippen LogP contribution >= 0.6 is 0 Å². The summed E-state index contributed by atoms with van der Waals surface area (Å²) in [5.41, 5.74) is 8.83. The molecule has 1 aliphatic heterocycles. The van der Waals surface area contributed by atoms with Gasteiger partial charge in [0.1, 0.15) is 17.2 Å². The minimum absolute atomic E-state index is 0.0107. The molecule has 196 valence electrons. The molecule has 0 unspecified atom stereocenters. The third-order valence-corrected chi connectivity index (χ3v) is 6.84. The number of carboxylic acids is 1. The minimum atomic E-state index is -1.10. The van der Waals surface area contributed by atoms with Crippen LogP contribution in [0.3, 0.4) is 0 Å². The predicted octanol–water partition coefficient (Wildman–Crippen LogP) is 3.78. The van der Waals surface area contributed by atoms with E-state index in [1.807, 2.05) is 54.8 Å². The number of carboxylic acid groups (broad SMARTS) is 1. The van der Waals surface area contributed by atoms with E-state index in [-0.39, 0.29) is 23.3 Å². The molecule has 2 heterocycles. The second kappa shape index (κ2) is 10.1. The number of nitrogens with two attached hydrogens (primary N) is 1. The van der Waals surface area contributed by atoms with Crippen LogP contribution in [0.25, 0.3) is 21.8 Å². The molecule has 0 radical (unpaired) electrons. The maximum absolute atomic E-state index is 12.9. The van der Waals surface area contributed by atoms with Gasteiger partial charge in [0.25, 0.3) is 0 Å². The van der Waals surface area contributed by atoms with Crippen LogP contribution in [0, 0.1) is 5.41 Å². The van der Waals surface area contributed by atoms with E-state index < -0.39 is 5.97 Å². The number of aromatic nitrogens is 2. The largest absolute Gasteiger partial charge is 0.478 e. The maximum atomic E-state index is 12.9. The van der Waals surface area contributed by atoms with Crippen molar-refractivity contribution in [1.29, 1.82) is 5.41 Å². The number of rotatable bonds is 6. The fourth-order valence-corrected chi connectivity index (χ4v) is 4.90. The van der Waals surface area contributed by atoms with Crippen LogP contribution < -0.4 is 16.4 Å². The van der Waals surface area contributed by atoms with Crippen molar-refractivity contribution in [2.45, 2.75) is 26.3 Å². The highest BCUT2D eigenvalue weighted by Crippen LogP contribution is 2.30. The predicted molar refractivity (Wildman–Crippen MR) is 148 cm³/mol. The number of imidazole rings is 1. The molecule has 0 spiro atoms. The Hall–Kier alpha value is -4.44. The third kappa shape index (κ3) is 4.90. The normalized spacial score (nSPS) is 13.8. The molecule has 1 aromatic heterocycles. The van der Waals surface area contributed by atoms with Crippen LogP contribution in [-0.4, -0.2) is 63.6 Å². The second-order valence-corrected chi connectivity index (χ2v) is 9.88. The lowest BCUT2D eigenvalue weighted by Gasteiger charge is -2.27. The van der Waals surface area contributed by atoms with Crippen LogP contribution in [0.2, 0.25) is 0 Å². The van der Waals surface area contributed by atoms with Gasteiger partial charge in [-0.2, -0.15) is 0 Å². The average molecular weight is 514 g/mol. The second-order valence-electron chi connectivity index (χ2n) is 9.88. The number of carbonyl (C=O) groups is 2. The van der Waals surface area contributed by atoms with E-state index >= 15 is 0 Å². The number of anilines is 1. The number of piperazine rings is 1. The number of aromatic carboxylic acids is 1. The van der Waals surface area contributed by atoms with Crippen molar-refractivity contribution in [2.24, 2.45) is 5.73 Å². The fraction of sp³-hybridized carbons (Fsp3) is 0.286. The Kier molecular flexibility index (Phi) is 6.73. The first-order valence-electron chi connectivity index (χ1n) is 12.6. The number of nitrogens with one attached hydrogen (secondary N) is 3. The molecular weight excluding hydrogens is 482 g/mol.